The van der Waals surface area contributed by atoms with Gasteiger partial charge in [-0.15, -0.1) is 0 Å². The molecule has 2 aromatic rings. The maximum Gasteiger partial charge on any atom is 0.416 e. The van der Waals surface area contributed by atoms with Crippen molar-refractivity contribution in [2.24, 2.45) is 0 Å². The molecule has 0 saturated carbocycles. The summed E-state index contributed by atoms with van der Waals surface area (Å²) in [5.74, 6) is -1.09. The van der Waals surface area contributed by atoms with Crippen LogP contribution in [-0.4, -0.2) is 8.42 Å². The lowest BCUT2D eigenvalue weighted by atomic mass is 10.1. The minimum Gasteiger partial charge on any atom is -0.277 e. The number of halogens is 4. The molecule has 3 nitrogen and oxygen atoms in total. The first kappa shape index (κ1) is 18.3. The van der Waals surface area contributed by atoms with Gasteiger partial charge in [0.15, 0.2) is 0 Å². The van der Waals surface area contributed by atoms with Crippen molar-refractivity contribution in [1.29, 1.82) is 0 Å². The van der Waals surface area contributed by atoms with Crippen LogP contribution >= 0.6 is 0 Å². The smallest absolute Gasteiger partial charge is 0.277 e. The summed E-state index contributed by atoms with van der Waals surface area (Å²) in [6.45, 7) is 1.97. The highest BCUT2D eigenvalue weighted by Crippen LogP contribution is 2.32. The maximum atomic E-state index is 13.7. The number of hydrogen-bond donors (Lipinski definition) is 1. The Morgan fingerprint density at radius 1 is 1.04 bits per heavy atom. The zero-order valence-electron chi connectivity index (χ0n) is 12.7. The molecule has 0 saturated heterocycles. The summed E-state index contributed by atoms with van der Waals surface area (Å²) in [5, 5.41) is 0. The van der Waals surface area contributed by atoms with Gasteiger partial charge in [0.1, 0.15) is 5.82 Å². The number of alkyl halides is 3. The molecule has 0 spiro atoms. The van der Waals surface area contributed by atoms with E-state index in [4.69, 9.17) is 0 Å². The van der Waals surface area contributed by atoms with Gasteiger partial charge in [0, 0.05) is 0 Å². The number of rotatable bonds is 5. The fraction of sp³-hybridized carbons (Fsp3) is 0.250. The molecule has 0 aromatic heterocycles. The lowest BCUT2D eigenvalue weighted by Crippen LogP contribution is -2.15. The second kappa shape index (κ2) is 6.80. The predicted octanol–water partition coefficient (Wildman–Crippen LogP) is 4.60. The minimum absolute atomic E-state index is 0.154. The molecule has 2 rings (SSSR count). The van der Waals surface area contributed by atoms with Gasteiger partial charge in [0.25, 0.3) is 10.0 Å². The van der Waals surface area contributed by atoms with E-state index in [2.05, 4.69) is 0 Å². The number of benzene rings is 2. The number of sulfonamides is 1. The molecule has 0 fully saturated rings. The number of anilines is 1. The molecule has 0 unspecified atom stereocenters. The minimum atomic E-state index is -4.70. The van der Waals surface area contributed by atoms with Crippen molar-refractivity contribution in [2.75, 3.05) is 4.72 Å². The molecule has 0 amide bonds. The molecule has 0 aliphatic carbocycles. The molecular formula is C16H15F4NO2S. The first-order chi connectivity index (χ1) is 11.1. The Morgan fingerprint density at radius 3 is 2.21 bits per heavy atom. The number of hydrogen-bond acceptors (Lipinski definition) is 2. The maximum absolute atomic E-state index is 13.7. The monoisotopic (exact) mass is 361 g/mol. The molecule has 0 heterocycles. The van der Waals surface area contributed by atoms with E-state index in [1.807, 2.05) is 11.6 Å². The van der Waals surface area contributed by atoms with E-state index in [0.717, 1.165) is 18.4 Å². The summed E-state index contributed by atoms with van der Waals surface area (Å²) in [6.07, 6.45) is -3.04. The van der Waals surface area contributed by atoms with Gasteiger partial charge >= 0.3 is 6.18 Å². The lowest BCUT2D eigenvalue weighted by Gasteiger charge is -2.12. The highest BCUT2D eigenvalue weighted by atomic mass is 32.2. The normalized spacial score (nSPS) is 12.2. The molecule has 8 heteroatoms. The molecule has 0 bridgehead atoms. The number of aryl methyl sites for hydroxylation is 1. The highest BCUT2D eigenvalue weighted by Gasteiger charge is 2.31. The van der Waals surface area contributed by atoms with Crippen molar-refractivity contribution in [3.8, 4) is 0 Å². The van der Waals surface area contributed by atoms with Crippen molar-refractivity contribution in [1.82, 2.24) is 0 Å². The zero-order valence-corrected chi connectivity index (χ0v) is 13.5. The lowest BCUT2D eigenvalue weighted by molar-refractivity contribution is -0.137. The average molecular weight is 361 g/mol. The molecule has 0 aliphatic heterocycles. The highest BCUT2D eigenvalue weighted by molar-refractivity contribution is 7.92. The molecule has 1 N–H and O–H groups in total. The predicted molar refractivity (Wildman–Crippen MR) is 82.6 cm³/mol. The van der Waals surface area contributed by atoms with Gasteiger partial charge in [-0.3, -0.25) is 4.72 Å². The van der Waals surface area contributed by atoms with Gasteiger partial charge in [-0.2, -0.15) is 13.2 Å². The standard InChI is InChI=1S/C16H15F4NO2S/c1-2-3-11-4-7-13(8-5-11)24(22,23)21-15-10-12(16(18,19)20)6-9-14(15)17/h4-10,21H,2-3H2,1H3. The van der Waals surface area contributed by atoms with Crippen molar-refractivity contribution < 1.29 is 26.0 Å². The van der Waals surface area contributed by atoms with Crippen LogP contribution in [0.3, 0.4) is 0 Å². The summed E-state index contributed by atoms with van der Waals surface area (Å²) in [7, 11) is -4.19. The quantitative estimate of drug-likeness (QED) is 0.792. The van der Waals surface area contributed by atoms with Crippen LogP contribution in [0.2, 0.25) is 0 Å². The van der Waals surface area contributed by atoms with E-state index < -0.39 is 33.3 Å². The summed E-state index contributed by atoms with van der Waals surface area (Å²) in [5.41, 5.74) is -0.955. The fourth-order valence-corrected chi connectivity index (χ4v) is 3.17. The largest absolute Gasteiger partial charge is 0.416 e. The van der Waals surface area contributed by atoms with E-state index in [9.17, 15) is 26.0 Å². The van der Waals surface area contributed by atoms with Gasteiger partial charge in [0.2, 0.25) is 0 Å². The molecule has 2 aromatic carbocycles. The summed E-state index contributed by atoms with van der Waals surface area (Å²) >= 11 is 0. The first-order valence-corrected chi connectivity index (χ1v) is 8.60. The third-order valence-electron chi connectivity index (χ3n) is 3.31. The SMILES string of the molecule is CCCc1ccc(S(=O)(=O)Nc2cc(C(F)(F)F)ccc2F)cc1. The van der Waals surface area contributed by atoms with Crippen molar-refractivity contribution >= 4 is 15.7 Å². The Labute approximate surface area is 137 Å². The summed E-state index contributed by atoms with van der Waals surface area (Å²) in [6, 6.07) is 7.44. The van der Waals surface area contributed by atoms with Crippen LogP contribution in [0.15, 0.2) is 47.4 Å². The van der Waals surface area contributed by atoms with E-state index in [-0.39, 0.29) is 4.90 Å². The fourth-order valence-electron chi connectivity index (χ4n) is 2.11. The Bertz CT molecular complexity index is 815. The number of nitrogens with one attached hydrogen (secondary N) is 1. The first-order valence-electron chi connectivity index (χ1n) is 7.12. The zero-order chi connectivity index (χ0) is 18.0. The van der Waals surface area contributed by atoms with E-state index in [1.165, 1.54) is 12.1 Å². The van der Waals surface area contributed by atoms with Gasteiger partial charge in [-0.05, 0) is 42.3 Å². The Morgan fingerprint density at radius 2 is 1.67 bits per heavy atom. The molecule has 0 atom stereocenters. The summed E-state index contributed by atoms with van der Waals surface area (Å²) < 4.78 is 78.0. The van der Waals surface area contributed by atoms with Gasteiger partial charge in [-0.1, -0.05) is 25.5 Å². The second-order valence-corrected chi connectivity index (χ2v) is 6.87. The second-order valence-electron chi connectivity index (χ2n) is 5.19. The van der Waals surface area contributed by atoms with E-state index >= 15 is 0 Å². The Hall–Kier alpha value is -2.09. The summed E-state index contributed by atoms with van der Waals surface area (Å²) in [4.78, 5) is -0.154. The molecule has 0 aliphatic rings. The Kier molecular flexibility index (Phi) is 5.17. The third kappa shape index (κ3) is 4.25. The van der Waals surface area contributed by atoms with Crippen molar-refractivity contribution in [3.05, 3.63) is 59.4 Å². The van der Waals surface area contributed by atoms with Crippen LogP contribution in [0, 0.1) is 5.82 Å². The Balaban J connectivity index is 2.32. The topological polar surface area (TPSA) is 46.2 Å². The van der Waals surface area contributed by atoms with Gasteiger partial charge < -0.3 is 0 Å². The van der Waals surface area contributed by atoms with Crippen molar-refractivity contribution in [3.63, 3.8) is 0 Å². The molecule has 0 radical (unpaired) electrons. The molecule has 130 valence electrons. The van der Waals surface area contributed by atoms with Gasteiger partial charge in [0.05, 0.1) is 16.1 Å². The van der Waals surface area contributed by atoms with Crippen LogP contribution in [-0.2, 0) is 22.6 Å². The average Bonchev–Trinajstić information content (AvgIpc) is 2.49. The van der Waals surface area contributed by atoms with Crippen LogP contribution in [0.4, 0.5) is 23.2 Å². The van der Waals surface area contributed by atoms with Crippen LogP contribution in [0.25, 0.3) is 0 Å². The van der Waals surface area contributed by atoms with Crippen molar-refractivity contribution in [2.45, 2.75) is 30.8 Å². The molecule has 24 heavy (non-hydrogen) atoms. The van der Waals surface area contributed by atoms with E-state index in [1.54, 1.807) is 12.1 Å². The third-order valence-corrected chi connectivity index (χ3v) is 4.69. The van der Waals surface area contributed by atoms with Crippen LogP contribution in [0.1, 0.15) is 24.5 Å². The van der Waals surface area contributed by atoms with Gasteiger partial charge in [-0.25, -0.2) is 12.8 Å². The van der Waals surface area contributed by atoms with E-state index in [0.29, 0.717) is 18.2 Å². The van der Waals surface area contributed by atoms with Crippen LogP contribution in [0.5, 0.6) is 0 Å². The molecular weight excluding hydrogens is 346 g/mol. The van der Waals surface area contributed by atoms with Crippen LogP contribution < -0.4 is 4.72 Å².